The number of nitro groups is 1. The fourth-order valence-corrected chi connectivity index (χ4v) is 3.32. The molecule has 0 aliphatic heterocycles. The number of hydrogen-bond donors (Lipinski definition) is 2. The summed E-state index contributed by atoms with van der Waals surface area (Å²) in [6.07, 6.45) is 1.63. The number of fused-ring (bicyclic) bond motifs is 1. The van der Waals surface area contributed by atoms with Gasteiger partial charge in [-0.25, -0.2) is 4.98 Å². The van der Waals surface area contributed by atoms with Gasteiger partial charge in [-0.05, 0) is 17.4 Å². The Bertz CT molecular complexity index is 1040. The second kappa shape index (κ2) is 5.98. The largest absolute Gasteiger partial charge is 0.372 e. The molecule has 0 saturated carbocycles. The van der Waals surface area contributed by atoms with E-state index in [0.29, 0.717) is 16.6 Å². The van der Waals surface area contributed by atoms with Gasteiger partial charge >= 0.3 is 5.82 Å². The summed E-state index contributed by atoms with van der Waals surface area (Å²) in [6.45, 7) is 1.80. The van der Waals surface area contributed by atoms with E-state index < -0.39 is 11.0 Å². The van der Waals surface area contributed by atoms with E-state index in [1.807, 2.05) is 30.3 Å². The van der Waals surface area contributed by atoms with E-state index in [0.717, 1.165) is 5.56 Å². The molecule has 9 nitrogen and oxygen atoms in total. The number of thiazole rings is 1. The number of hydrogen-bond acceptors (Lipinski definition) is 7. The number of H-pyrrole nitrogens is 1. The van der Waals surface area contributed by atoms with Crippen molar-refractivity contribution < 1.29 is 4.92 Å². The van der Waals surface area contributed by atoms with Crippen LogP contribution in [0.3, 0.4) is 0 Å². The van der Waals surface area contributed by atoms with Crippen LogP contribution < -0.4 is 5.32 Å². The first-order valence-electron chi connectivity index (χ1n) is 7.44. The Hall–Kier alpha value is -3.27. The van der Waals surface area contributed by atoms with E-state index >= 15 is 0 Å². The Balaban J connectivity index is 1.81. The van der Waals surface area contributed by atoms with Crippen molar-refractivity contribution in [2.45, 2.75) is 13.0 Å². The summed E-state index contributed by atoms with van der Waals surface area (Å²) in [7, 11) is 0. The van der Waals surface area contributed by atoms with Crippen LogP contribution in [-0.2, 0) is 0 Å². The maximum absolute atomic E-state index is 11.5. The molecule has 0 radical (unpaired) electrons. The van der Waals surface area contributed by atoms with Crippen LogP contribution in [0.4, 0.5) is 11.6 Å². The number of aromatic amines is 1. The Morgan fingerprint density at radius 2 is 2.12 bits per heavy atom. The highest BCUT2D eigenvalue weighted by Crippen LogP contribution is 2.32. The lowest BCUT2D eigenvalue weighted by atomic mass is 10.1. The first-order valence-corrected chi connectivity index (χ1v) is 8.32. The summed E-state index contributed by atoms with van der Waals surface area (Å²) in [4.78, 5) is 20.4. The van der Waals surface area contributed by atoms with Crippen LogP contribution in [-0.4, -0.2) is 29.5 Å². The van der Waals surface area contributed by atoms with Gasteiger partial charge in [-0.1, -0.05) is 41.7 Å². The minimum Gasteiger partial charge on any atom is -0.358 e. The van der Waals surface area contributed by atoms with Gasteiger partial charge in [0.05, 0.1) is 0 Å². The van der Waals surface area contributed by atoms with Gasteiger partial charge in [-0.3, -0.25) is 5.10 Å². The van der Waals surface area contributed by atoms with E-state index in [9.17, 15) is 10.1 Å². The zero-order chi connectivity index (χ0) is 17.4. The van der Waals surface area contributed by atoms with Gasteiger partial charge in [0.1, 0.15) is 18.1 Å². The van der Waals surface area contributed by atoms with E-state index in [-0.39, 0.29) is 11.6 Å². The SMILES string of the molecule is Cc1nc(C(Nc2nc3sccn3c2[N+](=O)[O-])c2ccccc2)n[nH]1. The topological polar surface area (TPSA) is 114 Å². The van der Waals surface area contributed by atoms with Crippen LogP contribution >= 0.6 is 11.3 Å². The van der Waals surface area contributed by atoms with E-state index in [1.54, 1.807) is 18.5 Å². The quantitative estimate of drug-likeness (QED) is 0.420. The lowest BCUT2D eigenvalue weighted by molar-refractivity contribution is -0.389. The molecule has 3 heterocycles. The average Bonchev–Trinajstić information content (AvgIpc) is 3.28. The standard InChI is InChI=1S/C15H13N7O2S/c1-9-16-12(20-19-9)11(10-5-3-2-4-6-10)17-13-14(22(23)24)21-7-8-25-15(21)18-13/h2-8,11,17H,1H3,(H,16,19,20). The van der Waals surface area contributed by atoms with E-state index in [1.165, 1.54) is 15.7 Å². The summed E-state index contributed by atoms with van der Waals surface area (Å²) in [5.41, 5.74) is 0.882. The molecule has 0 spiro atoms. The van der Waals surface area contributed by atoms with Gasteiger partial charge in [-0.15, -0.1) is 0 Å². The van der Waals surface area contributed by atoms with Gasteiger partial charge in [-0.2, -0.15) is 14.5 Å². The molecule has 10 heteroatoms. The van der Waals surface area contributed by atoms with Crippen molar-refractivity contribution in [3.05, 3.63) is 69.2 Å². The predicted molar refractivity (Wildman–Crippen MR) is 92.8 cm³/mol. The van der Waals surface area contributed by atoms with Gasteiger partial charge in [0.15, 0.2) is 5.82 Å². The molecule has 0 aliphatic rings. The minimum atomic E-state index is -0.463. The molecular formula is C15H13N7O2S. The zero-order valence-corrected chi connectivity index (χ0v) is 13.9. The molecule has 3 aromatic heterocycles. The third-order valence-electron chi connectivity index (χ3n) is 3.70. The van der Waals surface area contributed by atoms with Crippen LogP contribution in [0.15, 0.2) is 41.9 Å². The van der Waals surface area contributed by atoms with Crippen molar-refractivity contribution in [2.75, 3.05) is 5.32 Å². The highest BCUT2D eigenvalue weighted by atomic mass is 32.1. The van der Waals surface area contributed by atoms with Crippen LogP contribution in [0.2, 0.25) is 0 Å². The average molecular weight is 355 g/mol. The minimum absolute atomic E-state index is 0.107. The van der Waals surface area contributed by atoms with Crippen molar-refractivity contribution in [3.8, 4) is 0 Å². The van der Waals surface area contributed by atoms with Crippen molar-refractivity contribution in [1.29, 1.82) is 0 Å². The molecule has 1 unspecified atom stereocenters. The first kappa shape index (κ1) is 15.3. The molecule has 2 N–H and O–H groups in total. The fourth-order valence-electron chi connectivity index (χ4n) is 2.61. The Morgan fingerprint density at radius 1 is 1.32 bits per heavy atom. The molecule has 25 heavy (non-hydrogen) atoms. The molecule has 0 fully saturated rings. The molecule has 0 amide bonds. The highest BCUT2D eigenvalue weighted by molar-refractivity contribution is 7.15. The van der Waals surface area contributed by atoms with Crippen LogP contribution in [0.1, 0.15) is 23.3 Å². The lowest BCUT2D eigenvalue weighted by Crippen LogP contribution is -2.15. The van der Waals surface area contributed by atoms with Gasteiger partial charge in [0.25, 0.3) is 4.96 Å². The third-order valence-corrected chi connectivity index (χ3v) is 4.45. The zero-order valence-electron chi connectivity index (χ0n) is 13.1. The second-order valence-corrected chi connectivity index (χ2v) is 6.24. The molecule has 4 aromatic rings. The van der Waals surface area contributed by atoms with Gasteiger partial charge < -0.3 is 15.4 Å². The maximum atomic E-state index is 11.5. The summed E-state index contributed by atoms with van der Waals surface area (Å²) < 4.78 is 1.46. The summed E-state index contributed by atoms with van der Waals surface area (Å²) >= 11 is 1.33. The Morgan fingerprint density at radius 3 is 2.80 bits per heavy atom. The number of aromatic nitrogens is 5. The first-order chi connectivity index (χ1) is 12.1. The van der Waals surface area contributed by atoms with Crippen LogP contribution in [0, 0.1) is 17.0 Å². The summed E-state index contributed by atoms with van der Waals surface area (Å²) in [5, 5.41) is 23.4. The molecule has 1 atom stereocenters. The lowest BCUT2D eigenvalue weighted by Gasteiger charge is -2.15. The molecule has 0 bridgehead atoms. The molecule has 0 saturated heterocycles. The molecule has 4 rings (SSSR count). The number of imidazole rings is 1. The van der Waals surface area contributed by atoms with Gasteiger partial charge in [0, 0.05) is 5.38 Å². The van der Waals surface area contributed by atoms with Crippen molar-refractivity contribution in [3.63, 3.8) is 0 Å². The van der Waals surface area contributed by atoms with Crippen LogP contribution in [0.5, 0.6) is 0 Å². The third kappa shape index (κ3) is 2.72. The predicted octanol–water partition coefficient (Wildman–Crippen LogP) is 2.93. The number of anilines is 1. The van der Waals surface area contributed by atoms with E-state index in [4.69, 9.17) is 0 Å². The number of benzene rings is 1. The number of nitrogens with zero attached hydrogens (tertiary/aromatic N) is 5. The normalized spacial score (nSPS) is 12.4. The summed E-state index contributed by atoms with van der Waals surface area (Å²) in [6, 6.07) is 9.04. The second-order valence-electron chi connectivity index (χ2n) is 5.36. The smallest absolute Gasteiger partial charge is 0.358 e. The number of aryl methyl sites for hydroxylation is 1. The Kier molecular flexibility index (Phi) is 3.65. The summed E-state index contributed by atoms with van der Waals surface area (Å²) in [5.74, 6) is 1.24. The monoisotopic (exact) mass is 355 g/mol. The molecule has 1 aromatic carbocycles. The van der Waals surface area contributed by atoms with Crippen molar-refractivity contribution in [2.24, 2.45) is 0 Å². The maximum Gasteiger partial charge on any atom is 0.372 e. The van der Waals surface area contributed by atoms with E-state index in [2.05, 4.69) is 25.5 Å². The fraction of sp³-hybridized carbons (Fsp3) is 0.133. The highest BCUT2D eigenvalue weighted by Gasteiger charge is 2.28. The number of rotatable bonds is 5. The molecular weight excluding hydrogens is 342 g/mol. The van der Waals surface area contributed by atoms with Crippen molar-refractivity contribution in [1.82, 2.24) is 24.6 Å². The number of nitrogens with one attached hydrogen (secondary N) is 2. The van der Waals surface area contributed by atoms with Crippen molar-refractivity contribution >= 4 is 27.9 Å². The van der Waals surface area contributed by atoms with Gasteiger partial charge in [0.2, 0.25) is 5.82 Å². The van der Waals surface area contributed by atoms with Crippen LogP contribution in [0.25, 0.3) is 4.96 Å². The Labute approximate surface area is 145 Å². The molecule has 0 aliphatic carbocycles. The molecule has 126 valence electrons.